The van der Waals surface area contributed by atoms with Gasteiger partial charge in [-0.25, -0.2) is 0 Å². The Labute approximate surface area is 57.0 Å². The normalized spacial score (nSPS) is 7.78. The maximum atomic E-state index is 7.57. The average Bonchev–Trinajstić information content (AvgIpc) is 1.86. The maximum absolute atomic E-state index is 7.57. The Kier molecular flexibility index (Phi) is 19.3. The zero-order valence-corrected chi connectivity index (χ0v) is 5.88. The van der Waals surface area contributed by atoms with Crippen LogP contribution in [0.15, 0.2) is 37.5 Å². The summed E-state index contributed by atoms with van der Waals surface area (Å²) in [5.74, 6) is 0. The molecule has 0 saturated heterocycles. The number of aliphatic hydroxyl groups is 1. The molecular formula is C8H14O. The van der Waals surface area contributed by atoms with Gasteiger partial charge in [0.25, 0.3) is 0 Å². The molecular weight excluding hydrogens is 112 g/mol. The van der Waals surface area contributed by atoms with Gasteiger partial charge in [0.1, 0.15) is 0 Å². The fraction of sp³-hybridized carbons (Fsp3) is 0.250. The summed E-state index contributed by atoms with van der Waals surface area (Å²) in [5.41, 5.74) is 0. The lowest BCUT2D eigenvalue weighted by atomic mass is 10.5. The molecule has 0 aromatic carbocycles. The highest BCUT2D eigenvalue weighted by atomic mass is 16.2. The Morgan fingerprint density at radius 1 is 1.22 bits per heavy atom. The van der Waals surface area contributed by atoms with E-state index in [2.05, 4.69) is 13.2 Å². The van der Waals surface area contributed by atoms with E-state index in [1.165, 1.54) is 0 Å². The first-order valence-electron chi connectivity index (χ1n) is 2.84. The van der Waals surface area contributed by atoms with E-state index in [0.29, 0.717) is 0 Å². The third-order valence-electron chi connectivity index (χ3n) is 0.383. The Hall–Kier alpha value is -0.820. The van der Waals surface area contributed by atoms with Gasteiger partial charge in [0, 0.05) is 6.61 Å². The van der Waals surface area contributed by atoms with Crippen molar-refractivity contribution in [3.63, 3.8) is 0 Å². The van der Waals surface area contributed by atoms with E-state index in [1.807, 2.05) is 12.2 Å². The van der Waals surface area contributed by atoms with E-state index in [4.69, 9.17) is 5.11 Å². The third-order valence-corrected chi connectivity index (χ3v) is 0.383. The second-order valence-corrected chi connectivity index (χ2v) is 1.17. The van der Waals surface area contributed by atoms with Crippen LogP contribution in [0.2, 0.25) is 0 Å². The molecule has 0 spiro atoms. The van der Waals surface area contributed by atoms with E-state index < -0.39 is 0 Å². The monoisotopic (exact) mass is 126 g/mol. The minimum atomic E-state index is 0.250. The summed E-state index contributed by atoms with van der Waals surface area (Å²) in [7, 11) is 0. The molecule has 1 nitrogen and oxygen atoms in total. The van der Waals surface area contributed by atoms with E-state index in [0.717, 1.165) is 0 Å². The summed E-state index contributed by atoms with van der Waals surface area (Å²) in [6, 6.07) is 0. The number of rotatable bonds is 2. The van der Waals surface area contributed by atoms with Crippen molar-refractivity contribution in [2.75, 3.05) is 6.61 Å². The first-order valence-corrected chi connectivity index (χ1v) is 2.84. The van der Waals surface area contributed by atoms with Crippen LogP contribution in [-0.4, -0.2) is 11.7 Å². The second kappa shape index (κ2) is 15.7. The second-order valence-electron chi connectivity index (χ2n) is 1.17. The predicted octanol–water partition coefficient (Wildman–Crippen LogP) is 1.91. The van der Waals surface area contributed by atoms with Crippen molar-refractivity contribution in [3.05, 3.63) is 37.5 Å². The Morgan fingerprint density at radius 2 is 1.44 bits per heavy atom. The van der Waals surface area contributed by atoms with Gasteiger partial charge in [-0.2, -0.15) is 0 Å². The summed E-state index contributed by atoms with van der Waals surface area (Å²) in [4.78, 5) is 0. The minimum Gasteiger partial charge on any atom is -0.397 e. The van der Waals surface area contributed by atoms with Gasteiger partial charge in [0.2, 0.25) is 0 Å². The van der Waals surface area contributed by atoms with Gasteiger partial charge in [0.05, 0.1) is 0 Å². The van der Waals surface area contributed by atoms with Gasteiger partial charge in [-0.05, 0) is 6.92 Å². The molecule has 1 heteroatoms. The summed E-state index contributed by atoms with van der Waals surface area (Å²) in [5, 5.41) is 7.57. The molecule has 0 heterocycles. The molecule has 0 atom stereocenters. The van der Waals surface area contributed by atoms with E-state index in [9.17, 15) is 0 Å². The van der Waals surface area contributed by atoms with Crippen LogP contribution in [-0.2, 0) is 0 Å². The smallest absolute Gasteiger partial charge is 0.0402 e. The zero-order chi connectivity index (χ0) is 7.54. The van der Waals surface area contributed by atoms with Gasteiger partial charge >= 0.3 is 0 Å². The summed E-state index contributed by atoms with van der Waals surface area (Å²) in [6.45, 7) is 8.86. The Balaban J connectivity index is 0. The summed E-state index contributed by atoms with van der Waals surface area (Å²) >= 11 is 0. The van der Waals surface area contributed by atoms with Crippen molar-refractivity contribution >= 4 is 0 Å². The van der Waals surface area contributed by atoms with Crippen molar-refractivity contribution in [2.45, 2.75) is 6.92 Å². The molecule has 0 aliphatic rings. The first-order chi connectivity index (χ1) is 4.33. The predicted molar refractivity (Wildman–Crippen MR) is 42.3 cm³/mol. The van der Waals surface area contributed by atoms with E-state index >= 15 is 0 Å². The largest absolute Gasteiger partial charge is 0.397 e. The fourth-order valence-electron chi connectivity index (χ4n) is 0.157. The lowest BCUT2D eigenvalue weighted by Crippen LogP contribution is -1.57. The molecule has 0 aromatic rings. The van der Waals surface area contributed by atoms with Gasteiger partial charge in [-0.1, -0.05) is 37.5 Å². The van der Waals surface area contributed by atoms with Gasteiger partial charge in [0.15, 0.2) is 0 Å². The zero-order valence-electron chi connectivity index (χ0n) is 5.88. The van der Waals surface area contributed by atoms with Crippen molar-refractivity contribution in [3.8, 4) is 0 Å². The molecule has 0 fully saturated rings. The highest BCUT2D eigenvalue weighted by Crippen LogP contribution is 1.69. The Morgan fingerprint density at radius 3 is 1.56 bits per heavy atom. The van der Waals surface area contributed by atoms with Crippen molar-refractivity contribution in [1.29, 1.82) is 0 Å². The van der Waals surface area contributed by atoms with Crippen LogP contribution in [0.25, 0.3) is 0 Å². The highest BCUT2D eigenvalue weighted by Gasteiger charge is 1.47. The molecule has 0 bridgehead atoms. The highest BCUT2D eigenvalue weighted by molar-refractivity contribution is 5.05. The SMILES string of the molecule is C=C/C=C\C=C.CCO. The van der Waals surface area contributed by atoms with Crippen LogP contribution in [0.5, 0.6) is 0 Å². The molecule has 0 aliphatic heterocycles. The molecule has 0 radical (unpaired) electrons. The molecule has 0 rings (SSSR count). The summed E-state index contributed by atoms with van der Waals surface area (Å²) in [6.07, 6.45) is 7.07. The number of hydrogen-bond acceptors (Lipinski definition) is 1. The van der Waals surface area contributed by atoms with E-state index in [-0.39, 0.29) is 6.61 Å². The van der Waals surface area contributed by atoms with Crippen LogP contribution >= 0.6 is 0 Å². The standard InChI is InChI=1S/C6H8.C2H6O/c1-3-5-6-4-2;1-2-3/h3-6H,1-2H2;3H,2H2,1H3/b6-5-;. The number of allylic oxidation sites excluding steroid dienone is 4. The van der Waals surface area contributed by atoms with Crippen molar-refractivity contribution in [1.82, 2.24) is 0 Å². The molecule has 0 unspecified atom stereocenters. The fourth-order valence-corrected chi connectivity index (χ4v) is 0.157. The molecule has 0 amide bonds. The molecule has 0 aliphatic carbocycles. The lowest BCUT2D eigenvalue weighted by molar-refractivity contribution is 0.318. The first kappa shape index (κ1) is 11.0. The minimum absolute atomic E-state index is 0.250. The van der Waals surface area contributed by atoms with Gasteiger partial charge < -0.3 is 5.11 Å². The van der Waals surface area contributed by atoms with E-state index in [1.54, 1.807) is 19.1 Å². The molecule has 0 saturated carbocycles. The topological polar surface area (TPSA) is 20.2 Å². The van der Waals surface area contributed by atoms with Crippen molar-refractivity contribution < 1.29 is 5.11 Å². The van der Waals surface area contributed by atoms with Gasteiger partial charge in [-0.3, -0.25) is 0 Å². The Bertz CT molecular complexity index is 72.6. The van der Waals surface area contributed by atoms with Crippen LogP contribution in [0.3, 0.4) is 0 Å². The number of hydrogen-bond donors (Lipinski definition) is 1. The van der Waals surface area contributed by atoms with Crippen LogP contribution in [0.1, 0.15) is 6.92 Å². The quantitative estimate of drug-likeness (QED) is 0.560. The molecule has 0 aromatic heterocycles. The molecule has 52 valence electrons. The molecule has 9 heavy (non-hydrogen) atoms. The van der Waals surface area contributed by atoms with Crippen LogP contribution < -0.4 is 0 Å². The molecule has 1 N–H and O–H groups in total. The lowest BCUT2D eigenvalue weighted by Gasteiger charge is -1.60. The van der Waals surface area contributed by atoms with Gasteiger partial charge in [-0.15, -0.1) is 0 Å². The third kappa shape index (κ3) is 40.5. The van der Waals surface area contributed by atoms with Crippen LogP contribution in [0, 0.1) is 0 Å². The summed E-state index contributed by atoms with van der Waals surface area (Å²) < 4.78 is 0. The maximum Gasteiger partial charge on any atom is 0.0402 e. The average molecular weight is 126 g/mol. The van der Waals surface area contributed by atoms with Crippen molar-refractivity contribution in [2.24, 2.45) is 0 Å². The van der Waals surface area contributed by atoms with Crippen LogP contribution in [0.4, 0.5) is 0 Å². The number of aliphatic hydroxyl groups excluding tert-OH is 1.